The molecule has 1 fully saturated rings. The molecule has 0 bridgehead atoms. The lowest BCUT2D eigenvalue weighted by Crippen LogP contribution is -2.31. The van der Waals surface area contributed by atoms with Gasteiger partial charge in [-0.2, -0.15) is 0 Å². The van der Waals surface area contributed by atoms with Crippen LogP contribution in [0.5, 0.6) is 0 Å². The summed E-state index contributed by atoms with van der Waals surface area (Å²) in [4.78, 5) is 68.1. The smallest absolute Gasteiger partial charge is 0.303 e. The second kappa shape index (κ2) is 7.53. The number of ketones is 5. The van der Waals surface area contributed by atoms with E-state index in [2.05, 4.69) is 0 Å². The summed E-state index contributed by atoms with van der Waals surface area (Å²) in [6.07, 6.45) is 4.00. The number of hydrogen-bond acceptors (Lipinski definition) is 6. The summed E-state index contributed by atoms with van der Waals surface area (Å²) in [6, 6.07) is 0. The SMILES string of the molecule is CC(=O)C(=O)[C@@H]1C(=O)C(=O)[C@H](CC=CCCCC(=O)O)C1=O. The first-order valence-corrected chi connectivity index (χ1v) is 6.80. The van der Waals surface area contributed by atoms with Gasteiger partial charge >= 0.3 is 5.97 Å². The van der Waals surface area contributed by atoms with Gasteiger partial charge in [0.1, 0.15) is 0 Å². The predicted octanol–water partition coefficient (Wildman–Crippen LogP) is 0.299. The lowest BCUT2D eigenvalue weighted by Gasteiger charge is -2.03. The molecule has 7 nitrogen and oxygen atoms in total. The normalized spacial score (nSPS) is 21.6. The van der Waals surface area contributed by atoms with E-state index in [-0.39, 0.29) is 12.8 Å². The molecule has 22 heavy (non-hydrogen) atoms. The fourth-order valence-electron chi connectivity index (χ4n) is 2.17. The number of allylic oxidation sites excluding steroid dienone is 2. The van der Waals surface area contributed by atoms with Crippen molar-refractivity contribution in [2.75, 3.05) is 0 Å². The Morgan fingerprint density at radius 2 is 1.73 bits per heavy atom. The van der Waals surface area contributed by atoms with Crippen LogP contribution in [0.3, 0.4) is 0 Å². The van der Waals surface area contributed by atoms with Gasteiger partial charge in [-0.3, -0.25) is 28.8 Å². The number of carbonyl (C=O) groups is 6. The Morgan fingerprint density at radius 1 is 1.09 bits per heavy atom. The summed E-state index contributed by atoms with van der Waals surface area (Å²) < 4.78 is 0. The van der Waals surface area contributed by atoms with Crippen molar-refractivity contribution in [1.82, 2.24) is 0 Å². The van der Waals surface area contributed by atoms with Crippen LogP contribution < -0.4 is 0 Å². The number of aliphatic carboxylic acids is 1. The van der Waals surface area contributed by atoms with Gasteiger partial charge in [-0.25, -0.2) is 0 Å². The van der Waals surface area contributed by atoms with Crippen LogP contribution in [0.1, 0.15) is 32.6 Å². The molecule has 1 N–H and O–H groups in total. The van der Waals surface area contributed by atoms with E-state index in [9.17, 15) is 28.8 Å². The summed E-state index contributed by atoms with van der Waals surface area (Å²) in [5.41, 5.74) is 0. The molecule has 0 saturated heterocycles. The Bertz CT molecular complexity index is 570. The first kappa shape index (κ1) is 17.6. The number of hydrogen-bond donors (Lipinski definition) is 1. The molecule has 1 rings (SSSR count). The van der Waals surface area contributed by atoms with Gasteiger partial charge in [0.2, 0.25) is 17.3 Å². The average Bonchev–Trinajstić information content (AvgIpc) is 2.64. The highest BCUT2D eigenvalue weighted by Crippen LogP contribution is 2.25. The van der Waals surface area contributed by atoms with E-state index in [4.69, 9.17) is 5.11 Å². The van der Waals surface area contributed by atoms with E-state index >= 15 is 0 Å². The molecule has 0 amide bonds. The topological polar surface area (TPSA) is 123 Å². The zero-order valence-corrected chi connectivity index (χ0v) is 12.0. The summed E-state index contributed by atoms with van der Waals surface area (Å²) in [7, 11) is 0. The molecular weight excluding hydrogens is 292 g/mol. The summed E-state index contributed by atoms with van der Waals surface area (Å²) in [6.45, 7) is 0.947. The molecule has 1 aliphatic rings. The predicted molar refractivity (Wildman–Crippen MR) is 72.9 cm³/mol. The van der Waals surface area contributed by atoms with E-state index in [1.54, 1.807) is 6.08 Å². The molecule has 7 heteroatoms. The average molecular weight is 308 g/mol. The van der Waals surface area contributed by atoms with Crippen LogP contribution in [0.25, 0.3) is 0 Å². The van der Waals surface area contributed by atoms with Crippen molar-refractivity contribution in [2.45, 2.75) is 32.6 Å². The van der Waals surface area contributed by atoms with E-state index in [1.165, 1.54) is 6.08 Å². The van der Waals surface area contributed by atoms with E-state index in [0.29, 0.717) is 12.8 Å². The fraction of sp³-hybridized carbons (Fsp3) is 0.467. The maximum absolute atomic E-state index is 12.0. The van der Waals surface area contributed by atoms with Gasteiger partial charge in [0.25, 0.3) is 0 Å². The monoisotopic (exact) mass is 308 g/mol. The molecule has 0 aromatic rings. The Labute approximate surface area is 126 Å². The van der Waals surface area contributed by atoms with Gasteiger partial charge < -0.3 is 5.11 Å². The quantitative estimate of drug-likeness (QED) is 0.296. The van der Waals surface area contributed by atoms with Gasteiger partial charge in [-0.1, -0.05) is 12.2 Å². The summed E-state index contributed by atoms with van der Waals surface area (Å²) in [5.74, 6) is -8.88. The van der Waals surface area contributed by atoms with Crippen LogP contribution in [0.2, 0.25) is 0 Å². The van der Waals surface area contributed by atoms with Gasteiger partial charge in [0.05, 0.1) is 5.92 Å². The van der Waals surface area contributed by atoms with Gasteiger partial charge in [0, 0.05) is 13.3 Å². The van der Waals surface area contributed by atoms with Gasteiger partial charge in [0.15, 0.2) is 17.5 Å². The van der Waals surface area contributed by atoms with Crippen LogP contribution in [-0.2, 0) is 28.8 Å². The molecule has 0 unspecified atom stereocenters. The third kappa shape index (κ3) is 4.03. The number of unbranched alkanes of at least 4 members (excludes halogenated alkanes) is 1. The van der Waals surface area contributed by atoms with Crippen molar-refractivity contribution in [3.05, 3.63) is 12.2 Å². The number of carbonyl (C=O) groups excluding carboxylic acids is 5. The molecule has 0 aliphatic heterocycles. The van der Waals surface area contributed by atoms with E-state index in [0.717, 1.165) is 6.92 Å². The van der Waals surface area contributed by atoms with Crippen LogP contribution in [-0.4, -0.2) is 40.0 Å². The Morgan fingerprint density at radius 3 is 2.27 bits per heavy atom. The Kier molecular flexibility index (Phi) is 6.03. The van der Waals surface area contributed by atoms with Crippen LogP contribution >= 0.6 is 0 Å². The highest BCUT2D eigenvalue weighted by molar-refractivity contribution is 6.61. The molecule has 0 spiro atoms. The zero-order chi connectivity index (χ0) is 16.9. The van der Waals surface area contributed by atoms with Crippen molar-refractivity contribution < 1.29 is 33.9 Å². The first-order valence-electron chi connectivity index (χ1n) is 6.80. The van der Waals surface area contributed by atoms with E-state index in [1.807, 2.05) is 0 Å². The molecule has 118 valence electrons. The van der Waals surface area contributed by atoms with Crippen LogP contribution in [0, 0.1) is 11.8 Å². The van der Waals surface area contributed by atoms with Crippen molar-refractivity contribution in [1.29, 1.82) is 0 Å². The van der Waals surface area contributed by atoms with Crippen molar-refractivity contribution in [3.8, 4) is 0 Å². The lowest BCUT2D eigenvalue weighted by atomic mass is 9.95. The van der Waals surface area contributed by atoms with Crippen LogP contribution in [0.4, 0.5) is 0 Å². The fourth-order valence-corrected chi connectivity index (χ4v) is 2.17. The third-order valence-electron chi connectivity index (χ3n) is 3.36. The summed E-state index contributed by atoms with van der Waals surface area (Å²) in [5, 5.41) is 8.46. The minimum Gasteiger partial charge on any atom is -0.481 e. The highest BCUT2D eigenvalue weighted by atomic mass is 16.4. The van der Waals surface area contributed by atoms with Crippen molar-refractivity contribution in [2.24, 2.45) is 11.8 Å². The molecule has 0 heterocycles. The molecule has 2 atom stereocenters. The highest BCUT2D eigenvalue weighted by Gasteiger charge is 2.52. The molecule has 0 aromatic heterocycles. The standard InChI is InChI=1S/C15H16O7/c1-8(16)12(19)11-13(20)9(14(21)15(11)22)6-4-2-3-5-7-10(17)18/h2,4,9,11H,3,5-7H2,1H3,(H,17,18)/t9-,11+/m1/s1. The summed E-state index contributed by atoms with van der Waals surface area (Å²) >= 11 is 0. The maximum Gasteiger partial charge on any atom is 0.303 e. The Hall–Kier alpha value is -2.44. The van der Waals surface area contributed by atoms with E-state index < -0.39 is 46.7 Å². The number of rotatable bonds is 8. The molecule has 1 aliphatic carbocycles. The largest absolute Gasteiger partial charge is 0.481 e. The zero-order valence-electron chi connectivity index (χ0n) is 12.0. The minimum absolute atomic E-state index is 0.0132. The van der Waals surface area contributed by atoms with Crippen LogP contribution in [0.15, 0.2) is 12.2 Å². The van der Waals surface area contributed by atoms with Gasteiger partial charge in [-0.05, 0) is 19.3 Å². The molecule has 0 radical (unpaired) electrons. The number of Topliss-reactive ketones (excluding diaryl/α,β-unsaturated/α-hetero) is 5. The lowest BCUT2D eigenvalue weighted by molar-refractivity contribution is -0.145. The minimum atomic E-state index is -1.78. The first-order chi connectivity index (χ1) is 10.3. The Balaban J connectivity index is 2.63. The second-order valence-electron chi connectivity index (χ2n) is 5.03. The molecular formula is C15H16O7. The van der Waals surface area contributed by atoms with Crippen molar-refractivity contribution >= 4 is 34.9 Å². The number of carboxylic acid groups (broad SMARTS) is 1. The number of carboxylic acids is 1. The molecule has 0 aromatic carbocycles. The third-order valence-corrected chi connectivity index (χ3v) is 3.36. The molecule has 1 saturated carbocycles. The second-order valence-corrected chi connectivity index (χ2v) is 5.03. The van der Waals surface area contributed by atoms with Gasteiger partial charge in [-0.15, -0.1) is 0 Å². The van der Waals surface area contributed by atoms with Crippen molar-refractivity contribution in [3.63, 3.8) is 0 Å². The maximum atomic E-state index is 12.0.